The van der Waals surface area contributed by atoms with Gasteiger partial charge < -0.3 is 21.2 Å². The average Bonchev–Trinajstić information content (AvgIpc) is 2.73. The maximum absolute atomic E-state index is 12.6. The lowest BCUT2D eigenvalue weighted by atomic mass is 10.1. The normalized spacial score (nSPS) is 11.4. The van der Waals surface area contributed by atoms with Crippen LogP contribution in [0, 0.1) is 6.92 Å². The van der Waals surface area contributed by atoms with Gasteiger partial charge in [-0.05, 0) is 44.2 Å². The van der Waals surface area contributed by atoms with Crippen LogP contribution in [-0.4, -0.2) is 29.0 Å². The molecule has 1 aromatic carbocycles. The largest absolute Gasteiger partial charge is 0.493 e. The Morgan fingerprint density at radius 1 is 1.23 bits per heavy atom. The van der Waals surface area contributed by atoms with Gasteiger partial charge in [-0.1, -0.05) is 0 Å². The first-order valence-corrected chi connectivity index (χ1v) is 9.71. The molecule has 3 aromatic rings. The lowest BCUT2D eigenvalue weighted by Gasteiger charge is -2.12. The Morgan fingerprint density at radius 2 is 2.07 bits per heavy atom. The zero-order valence-electron chi connectivity index (χ0n) is 17.1. The van der Waals surface area contributed by atoms with Crippen molar-refractivity contribution in [2.45, 2.75) is 20.3 Å². The highest BCUT2D eigenvalue weighted by Crippen LogP contribution is 2.31. The van der Waals surface area contributed by atoms with Crippen LogP contribution in [-0.2, 0) is 0 Å². The molecule has 8 nitrogen and oxygen atoms in total. The smallest absolute Gasteiger partial charge is 0.251 e. The number of hydrogen-bond acceptors (Lipinski definition) is 7. The summed E-state index contributed by atoms with van der Waals surface area (Å²) >= 11 is 0. The molecule has 156 valence electrons. The SMILES string of the molecule is CCOc1cc(-c2ccnc(C)c2)nc2cc(C(=O)NCC/C(N)=C/NN)ccc12. The number of carbonyl (C=O) groups is 1. The van der Waals surface area contributed by atoms with Crippen molar-refractivity contribution in [3.63, 3.8) is 0 Å². The first kappa shape index (κ1) is 21.1. The summed E-state index contributed by atoms with van der Waals surface area (Å²) in [6, 6.07) is 11.2. The quantitative estimate of drug-likeness (QED) is 0.334. The molecule has 0 aliphatic carbocycles. The Labute approximate surface area is 175 Å². The van der Waals surface area contributed by atoms with Crippen LogP contribution in [0.2, 0.25) is 0 Å². The van der Waals surface area contributed by atoms with Crippen molar-refractivity contribution in [2.75, 3.05) is 13.2 Å². The fourth-order valence-electron chi connectivity index (χ4n) is 3.07. The molecule has 30 heavy (non-hydrogen) atoms. The minimum Gasteiger partial charge on any atom is -0.493 e. The number of hydrogen-bond donors (Lipinski definition) is 4. The maximum Gasteiger partial charge on any atom is 0.251 e. The number of nitrogens with two attached hydrogens (primary N) is 2. The number of pyridine rings is 2. The highest BCUT2D eigenvalue weighted by molar-refractivity contribution is 5.99. The third-order valence-electron chi connectivity index (χ3n) is 4.49. The summed E-state index contributed by atoms with van der Waals surface area (Å²) in [5, 5.41) is 3.70. The molecule has 0 atom stereocenters. The van der Waals surface area contributed by atoms with Crippen LogP contribution in [0.4, 0.5) is 0 Å². The molecule has 0 aliphatic heterocycles. The van der Waals surface area contributed by atoms with E-state index < -0.39 is 0 Å². The summed E-state index contributed by atoms with van der Waals surface area (Å²) < 4.78 is 5.83. The van der Waals surface area contributed by atoms with Gasteiger partial charge in [0, 0.05) is 59.3 Å². The molecule has 0 aliphatic rings. The molecule has 6 N–H and O–H groups in total. The molecule has 1 amide bonds. The van der Waals surface area contributed by atoms with Gasteiger partial charge in [0.15, 0.2) is 0 Å². The molecule has 3 rings (SSSR count). The number of aryl methyl sites for hydroxylation is 1. The average molecular weight is 406 g/mol. The van der Waals surface area contributed by atoms with E-state index in [1.54, 1.807) is 18.3 Å². The first-order valence-electron chi connectivity index (χ1n) is 9.71. The minimum atomic E-state index is -0.199. The van der Waals surface area contributed by atoms with Gasteiger partial charge in [0.25, 0.3) is 5.91 Å². The summed E-state index contributed by atoms with van der Waals surface area (Å²) in [7, 11) is 0. The first-order chi connectivity index (χ1) is 14.5. The van der Waals surface area contributed by atoms with E-state index in [1.807, 2.05) is 38.1 Å². The van der Waals surface area contributed by atoms with E-state index in [0.29, 0.717) is 36.3 Å². The van der Waals surface area contributed by atoms with Crippen LogP contribution in [0.15, 0.2) is 54.5 Å². The number of nitrogens with one attached hydrogen (secondary N) is 2. The van der Waals surface area contributed by atoms with Gasteiger partial charge in [0.2, 0.25) is 0 Å². The van der Waals surface area contributed by atoms with E-state index >= 15 is 0 Å². The van der Waals surface area contributed by atoms with Crippen LogP contribution < -0.4 is 27.1 Å². The number of benzene rings is 1. The van der Waals surface area contributed by atoms with Gasteiger partial charge in [-0.3, -0.25) is 15.6 Å². The van der Waals surface area contributed by atoms with Crippen molar-refractivity contribution >= 4 is 16.8 Å². The number of nitrogens with zero attached hydrogens (tertiary/aromatic N) is 2. The van der Waals surface area contributed by atoms with Crippen molar-refractivity contribution in [3.05, 3.63) is 65.7 Å². The second kappa shape index (κ2) is 9.71. The Hall–Kier alpha value is -3.65. The van der Waals surface area contributed by atoms with Crippen molar-refractivity contribution in [3.8, 4) is 17.0 Å². The monoisotopic (exact) mass is 406 g/mol. The summed E-state index contributed by atoms with van der Waals surface area (Å²) in [6.45, 7) is 4.80. The predicted octanol–water partition coefficient (Wildman–Crippen LogP) is 2.39. The number of amides is 1. The molecule has 2 heterocycles. The number of aromatic nitrogens is 2. The van der Waals surface area contributed by atoms with Gasteiger partial charge >= 0.3 is 0 Å². The minimum absolute atomic E-state index is 0.199. The van der Waals surface area contributed by atoms with E-state index in [0.717, 1.165) is 28.1 Å². The molecule has 0 bridgehead atoms. The van der Waals surface area contributed by atoms with Gasteiger partial charge in [-0.2, -0.15) is 0 Å². The Balaban J connectivity index is 1.91. The van der Waals surface area contributed by atoms with E-state index in [9.17, 15) is 4.79 Å². The summed E-state index contributed by atoms with van der Waals surface area (Å²) in [4.78, 5) is 21.6. The van der Waals surface area contributed by atoms with Crippen LogP contribution in [0.5, 0.6) is 5.75 Å². The molecule has 0 unspecified atom stereocenters. The van der Waals surface area contributed by atoms with Gasteiger partial charge in [0.1, 0.15) is 5.75 Å². The highest BCUT2D eigenvalue weighted by Gasteiger charge is 2.12. The molecule has 0 fully saturated rings. The third kappa shape index (κ3) is 5.03. The summed E-state index contributed by atoms with van der Waals surface area (Å²) in [5.74, 6) is 5.72. The fraction of sp³-hybridized carbons (Fsp3) is 0.227. The fourth-order valence-corrected chi connectivity index (χ4v) is 3.07. The van der Waals surface area contributed by atoms with Crippen LogP contribution in [0.3, 0.4) is 0 Å². The Morgan fingerprint density at radius 3 is 2.80 bits per heavy atom. The zero-order valence-corrected chi connectivity index (χ0v) is 17.1. The van der Waals surface area contributed by atoms with Gasteiger partial charge in [-0.25, -0.2) is 4.98 Å². The third-order valence-corrected chi connectivity index (χ3v) is 4.49. The summed E-state index contributed by atoms with van der Waals surface area (Å²) in [6.07, 6.45) is 3.73. The topological polar surface area (TPSA) is 128 Å². The molecule has 0 saturated carbocycles. The second-order valence-electron chi connectivity index (χ2n) is 6.75. The van der Waals surface area contributed by atoms with Crippen LogP contribution in [0.1, 0.15) is 29.4 Å². The zero-order chi connectivity index (χ0) is 21.5. The van der Waals surface area contributed by atoms with Gasteiger partial charge in [0.05, 0.1) is 17.8 Å². The highest BCUT2D eigenvalue weighted by atomic mass is 16.5. The molecule has 0 radical (unpaired) electrons. The number of carbonyl (C=O) groups excluding carboxylic acids is 1. The molecular weight excluding hydrogens is 380 g/mol. The van der Waals surface area contributed by atoms with Crippen molar-refractivity contribution < 1.29 is 9.53 Å². The lowest BCUT2D eigenvalue weighted by molar-refractivity contribution is 0.0954. The van der Waals surface area contributed by atoms with E-state index in [4.69, 9.17) is 21.3 Å². The van der Waals surface area contributed by atoms with E-state index in [2.05, 4.69) is 15.7 Å². The second-order valence-corrected chi connectivity index (χ2v) is 6.75. The van der Waals surface area contributed by atoms with Crippen molar-refractivity contribution in [1.29, 1.82) is 0 Å². The van der Waals surface area contributed by atoms with Crippen molar-refractivity contribution in [1.82, 2.24) is 20.7 Å². The lowest BCUT2D eigenvalue weighted by Crippen LogP contribution is -2.26. The van der Waals surface area contributed by atoms with Gasteiger partial charge in [-0.15, -0.1) is 0 Å². The maximum atomic E-state index is 12.6. The number of ether oxygens (including phenoxy) is 1. The number of rotatable bonds is 8. The standard InChI is InChI=1S/C22H26N6O2/c1-3-30-21-12-19(15-6-8-25-14(2)10-15)28-20-11-16(4-5-18(20)21)22(29)26-9-7-17(23)13-27-24/h4-6,8,10-13,27H,3,7,9,23-24H2,1-2H3,(H,26,29)/b17-13-. The molecule has 0 saturated heterocycles. The number of hydrazine groups is 1. The predicted molar refractivity (Wildman–Crippen MR) is 117 cm³/mol. The molecule has 8 heteroatoms. The Bertz CT molecular complexity index is 1080. The van der Waals surface area contributed by atoms with Crippen LogP contribution >= 0.6 is 0 Å². The Kier molecular flexibility index (Phi) is 6.82. The van der Waals surface area contributed by atoms with E-state index in [-0.39, 0.29) is 5.91 Å². The summed E-state index contributed by atoms with van der Waals surface area (Å²) in [5.41, 5.74) is 12.5. The molecule has 2 aromatic heterocycles. The molecular formula is C22H26N6O2. The number of fused-ring (bicyclic) bond motifs is 1. The molecule has 0 spiro atoms. The van der Waals surface area contributed by atoms with Crippen LogP contribution in [0.25, 0.3) is 22.2 Å². The van der Waals surface area contributed by atoms with E-state index in [1.165, 1.54) is 6.20 Å². The van der Waals surface area contributed by atoms with Crippen molar-refractivity contribution in [2.24, 2.45) is 11.6 Å².